The van der Waals surface area contributed by atoms with Crippen LogP contribution in [0.15, 0.2) is 71.9 Å². The number of pyridine rings is 1. The Bertz CT molecular complexity index is 1990. The number of carbonyl (C=O) groups excluding carboxylic acids is 2. The molecule has 1 unspecified atom stereocenters. The Labute approximate surface area is 253 Å². The Balaban J connectivity index is 1.28. The molecular formula is C32H33N9O3. The average Bonchev–Trinajstić information content (AvgIpc) is 3.42. The maximum atomic E-state index is 13.3. The zero-order chi connectivity index (χ0) is 31.2. The fraction of sp³-hybridized carbons (Fsp3) is 0.250. The molecule has 5 aromatic rings. The molecule has 0 saturated carbocycles. The third-order valence-electron chi connectivity index (χ3n) is 7.76. The summed E-state index contributed by atoms with van der Waals surface area (Å²) in [4.78, 5) is 46.5. The lowest BCUT2D eigenvalue weighted by Gasteiger charge is -2.24. The van der Waals surface area contributed by atoms with Crippen molar-refractivity contribution in [2.75, 3.05) is 10.6 Å². The molecule has 12 heteroatoms. The van der Waals surface area contributed by atoms with Crippen LogP contribution in [0, 0.1) is 0 Å². The number of benzene rings is 2. The van der Waals surface area contributed by atoms with Crippen LogP contribution in [-0.2, 0) is 30.2 Å². The first-order valence-electron chi connectivity index (χ1n) is 14.2. The molecule has 0 radical (unpaired) electrons. The number of nitrogens with zero attached hydrogens (tertiary/aromatic N) is 5. The minimum absolute atomic E-state index is 0.209. The fourth-order valence-corrected chi connectivity index (χ4v) is 5.33. The van der Waals surface area contributed by atoms with Crippen molar-refractivity contribution >= 4 is 34.5 Å². The largest absolute Gasteiger partial charge is 0.368 e. The number of urea groups is 1. The Morgan fingerprint density at radius 1 is 1.05 bits per heavy atom. The molecule has 0 bridgehead atoms. The number of aromatic nitrogens is 5. The molecule has 224 valence electrons. The molecule has 1 aliphatic heterocycles. The summed E-state index contributed by atoms with van der Waals surface area (Å²) in [5.74, 6) is 0.0839. The minimum Gasteiger partial charge on any atom is -0.368 e. The highest BCUT2D eigenvalue weighted by Crippen LogP contribution is 2.29. The van der Waals surface area contributed by atoms with Gasteiger partial charge in [-0.05, 0) is 53.4 Å². The summed E-state index contributed by atoms with van der Waals surface area (Å²) < 4.78 is 3.18. The van der Waals surface area contributed by atoms with E-state index in [1.54, 1.807) is 42.2 Å². The molecule has 0 saturated heterocycles. The number of nitrogens with one attached hydrogen (secondary N) is 3. The molecular weight excluding hydrogens is 558 g/mol. The van der Waals surface area contributed by atoms with Crippen LogP contribution in [0.4, 0.5) is 16.3 Å². The van der Waals surface area contributed by atoms with Gasteiger partial charge in [0.25, 0.3) is 5.56 Å². The Morgan fingerprint density at radius 3 is 2.64 bits per heavy atom. The quantitative estimate of drug-likeness (QED) is 0.243. The highest BCUT2D eigenvalue weighted by Gasteiger charge is 2.25. The first kappa shape index (κ1) is 28.7. The fourth-order valence-electron chi connectivity index (χ4n) is 5.33. The summed E-state index contributed by atoms with van der Waals surface area (Å²) >= 11 is 0. The third-order valence-corrected chi connectivity index (χ3v) is 7.76. The number of carbonyl (C=O) groups is 2. The van der Waals surface area contributed by atoms with Gasteiger partial charge in [0.15, 0.2) is 0 Å². The molecule has 6 rings (SSSR count). The second-order valence-electron chi connectivity index (χ2n) is 12.0. The maximum Gasteiger partial charge on any atom is 0.324 e. The van der Waals surface area contributed by atoms with Crippen LogP contribution in [0.1, 0.15) is 37.6 Å². The molecule has 0 aliphatic carbocycles. The molecule has 12 nitrogen and oxygen atoms in total. The highest BCUT2D eigenvalue weighted by molar-refractivity contribution is 6.00. The van der Waals surface area contributed by atoms with Gasteiger partial charge in [-0.15, -0.1) is 0 Å². The predicted molar refractivity (Wildman–Crippen MR) is 169 cm³/mol. The second kappa shape index (κ2) is 11.0. The van der Waals surface area contributed by atoms with Crippen LogP contribution >= 0.6 is 0 Å². The smallest absolute Gasteiger partial charge is 0.324 e. The number of anilines is 2. The summed E-state index contributed by atoms with van der Waals surface area (Å²) in [6.45, 7) is 6.69. The van der Waals surface area contributed by atoms with E-state index in [0.717, 1.165) is 27.9 Å². The molecule has 1 aliphatic rings. The number of aryl methyl sites for hydroxylation is 1. The molecule has 5 N–H and O–H groups in total. The number of primary amides is 1. The first-order chi connectivity index (χ1) is 21.0. The van der Waals surface area contributed by atoms with Crippen molar-refractivity contribution in [1.82, 2.24) is 29.6 Å². The summed E-state index contributed by atoms with van der Waals surface area (Å²) in [6.07, 6.45) is 3.54. The molecule has 0 fully saturated rings. The third kappa shape index (κ3) is 5.54. The summed E-state index contributed by atoms with van der Waals surface area (Å²) in [5, 5.41) is 14.5. The van der Waals surface area contributed by atoms with Crippen molar-refractivity contribution in [1.29, 1.82) is 0 Å². The normalized spacial score (nSPS) is 14.7. The molecule has 4 heterocycles. The number of rotatable bonds is 5. The van der Waals surface area contributed by atoms with Gasteiger partial charge >= 0.3 is 6.03 Å². The van der Waals surface area contributed by atoms with Gasteiger partial charge < -0.3 is 16.4 Å². The van der Waals surface area contributed by atoms with Gasteiger partial charge in [0, 0.05) is 47.9 Å². The lowest BCUT2D eigenvalue weighted by Crippen LogP contribution is -2.45. The van der Waals surface area contributed by atoms with Crippen molar-refractivity contribution in [2.45, 2.75) is 45.2 Å². The molecule has 3 amide bonds. The Morgan fingerprint density at radius 2 is 1.86 bits per heavy atom. The molecule has 44 heavy (non-hydrogen) atoms. The monoisotopic (exact) mass is 591 g/mol. The standard InChI is InChI=1S/C32H33N9O3/c1-32(2,3)26-14-27(41(39-26)23-9-8-19-16-35-25(28(33)42)13-20(19)11-23)38-31(44)37-22-7-5-6-18(10-22)24-12-21-15-34-17-36-29(21)40(4)30(24)43/h5-12,14-15,17,25,35H,13,16H2,1-4H3,(H2,33,42)(H2,37,38,44). The van der Waals surface area contributed by atoms with Crippen LogP contribution in [-0.4, -0.2) is 42.3 Å². The zero-order valence-electron chi connectivity index (χ0n) is 24.9. The van der Waals surface area contributed by atoms with Crippen LogP contribution in [0.5, 0.6) is 0 Å². The topological polar surface area (TPSA) is 162 Å². The molecule has 3 aromatic heterocycles. The van der Waals surface area contributed by atoms with Gasteiger partial charge in [0.2, 0.25) is 5.91 Å². The first-order valence-corrected chi connectivity index (χ1v) is 14.2. The van der Waals surface area contributed by atoms with Crippen LogP contribution in [0.3, 0.4) is 0 Å². The van der Waals surface area contributed by atoms with E-state index in [-0.39, 0.29) is 11.0 Å². The van der Waals surface area contributed by atoms with Gasteiger partial charge in [-0.1, -0.05) is 39.0 Å². The van der Waals surface area contributed by atoms with E-state index in [1.165, 1.54) is 10.9 Å². The second-order valence-corrected chi connectivity index (χ2v) is 12.0. The molecule has 2 aromatic carbocycles. The lowest BCUT2D eigenvalue weighted by atomic mass is 9.92. The van der Waals surface area contributed by atoms with Gasteiger partial charge in [-0.25, -0.2) is 19.4 Å². The van der Waals surface area contributed by atoms with E-state index >= 15 is 0 Å². The van der Waals surface area contributed by atoms with Crippen molar-refractivity contribution < 1.29 is 9.59 Å². The number of fused-ring (bicyclic) bond motifs is 2. The van der Waals surface area contributed by atoms with E-state index < -0.39 is 18.0 Å². The minimum atomic E-state index is -0.473. The summed E-state index contributed by atoms with van der Waals surface area (Å²) in [7, 11) is 1.67. The van der Waals surface area contributed by atoms with Crippen LogP contribution in [0.2, 0.25) is 0 Å². The van der Waals surface area contributed by atoms with Crippen molar-refractivity contribution in [3.05, 3.63) is 94.3 Å². The van der Waals surface area contributed by atoms with E-state index in [4.69, 9.17) is 10.8 Å². The maximum absolute atomic E-state index is 13.3. The van der Waals surface area contributed by atoms with Crippen molar-refractivity contribution in [3.63, 3.8) is 0 Å². The number of nitrogens with two attached hydrogens (primary N) is 1. The van der Waals surface area contributed by atoms with Crippen LogP contribution < -0.4 is 27.2 Å². The summed E-state index contributed by atoms with van der Waals surface area (Å²) in [6, 6.07) is 15.7. The van der Waals surface area contributed by atoms with Gasteiger partial charge in [-0.3, -0.25) is 19.5 Å². The van der Waals surface area contributed by atoms with Gasteiger partial charge in [0.05, 0.1) is 17.4 Å². The zero-order valence-corrected chi connectivity index (χ0v) is 24.9. The average molecular weight is 592 g/mol. The van der Waals surface area contributed by atoms with E-state index in [9.17, 15) is 14.4 Å². The van der Waals surface area contributed by atoms with E-state index in [1.807, 2.05) is 51.1 Å². The number of amides is 3. The summed E-state index contributed by atoms with van der Waals surface area (Å²) in [5.41, 5.74) is 10.8. The van der Waals surface area contributed by atoms with Crippen molar-refractivity contribution in [2.24, 2.45) is 12.8 Å². The highest BCUT2D eigenvalue weighted by atomic mass is 16.2. The predicted octanol–water partition coefficient (Wildman–Crippen LogP) is 3.62. The Hall–Kier alpha value is -5.36. The Kier molecular flexibility index (Phi) is 7.22. The van der Waals surface area contributed by atoms with E-state index in [2.05, 4.69) is 25.9 Å². The van der Waals surface area contributed by atoms with Crippen molar-refractivity contribution in [3.8, 4) is 16.8 Å². The number of hydrogen-bond acceptors (Lipinski definition) is 7. The molecule has 1 atom stereocenters. The SMILES string of the molecule is Cn1c(=O)c(-c2cccc(NC(=O)Nc3cc(C(C)(C)C)nn3-c3ccc4c(c3)CC(C(N)=O)NC4)c2)cc2cncnc21. The lowest BCUT2D eigenvalue weighted by molar-refractivity contribution is -0.120. The van der Waals surface area contributed by atoms with Crippen LogP contribution in [0.25, 0.3) is 27.8 Å². The van der Waals surface area contributed by atoms with Gasteiger partial charge in [-0.2, -0.15) is 5.10 Å². The molecule has 0 spiro atoms. The van der Waals surface area contributed by atoms with Gasteiger partial charge in [0.1, 0.15) is 17.8 Å². The van der Waals surface area contributed by atoms with E-state index in [0.29, 0.717) is 41.2 Å². The number of hydrogen-bond donors (Lipinski definition) is 4.